The summed E-state index contributed by atoms with van der Waals surface area (Å²) in [6, 6.07) is 10.4. The number of amides is 1. The van der Waals surface area contributed by atoms with Gasteiger partial charge in [0, 0.05) is 18.0 Å². The minimum Gasteiger partial charge on any atom is -0.491 e. The zero-order valence-electron chi connectivity index (χ0n) is 11.3. The van der Waals surface area contributed by atoms with E-state index in [9.17, 15) is 4.79 Å². The van der Waals surface area contributed by atoms with Gasteiger partial charge in [0.2, 0.25) is 0 Å². The number of aliphatic hydroxyl groups excluding tert-OH is 1. The van der Waals surface area contributed by atoms with Crippen LogP contribution in [-0.2, 0) is 0 Å². The van der Waals surface area contributed by atoms with Crippen LogP contribution in [0.15, 0.2) is 53.9 Å². The predicted molar refractivity (Wildman–Crippen MR) is 78.3 cm³/mol. The lowest BCUT2D eigenvalue weighted by molar-refractivity contribution is 0.0955. The van der Waals surface area contributed by atoms with E-state index in [1.807, 2.05) is 0 Å². The van der Waals surface area contributed by atoms with Crippen LogP contribution in [0, 0.1) is 0 Å². The maximum atomic E-state index is 11.7. The smallest absolute Gasteiger partial charge is 0.271 e. The lowest BCUT2D eigenvalue weighted by Crippen LogP contribution is -2.17. The van der Waals surface area contributed by atoms with Crippen LogP contribution in [0.2, 0.25) is 0 Å². The van der Waals surface area contributed by atoms with Gasteiger partial charge in [-0.3, -0.25) is 9.78 Å². The molecule has 21 heavy (non-hydrogen) atoms. The fourth-order valence-corrected chi connectivity index (χ4v) is 1.55. The average Bonchev–Trinajstić information content (AvgIpc) is 2.55. The van der Waals surface area contributed by atoms with Gasteiger partial charge in [-0.1, -0.05) is 0 Å². The monoisotopic (exact) mass is 285 g/mol. The molecule has 108 valence electrons. The number of benzene rings is 1. The van der Waals surface area contributed by atoms with E-state index in [1.165, 1.54) is 6.21 Å². The number of carbonyl (C=O) groups excluding carboxylic acids is 1. The molecule has 0 radical (unpaired) electrons. The molecule has 0 fully saturated rings. The third-order valence-corrected chi connectivity index (χ3v) is 2.56. The predicted octanol–water partition coefficient (Wildman–Crippen LogP) is 1.22. The molecule has 1 aromatic carbocycles. The Kier molecular flexibility index (Phi) is 5.42. The molecular formula is C15H15N3O3. The Balaban J connectivity index is 1.88. The number of hydrogen-bond acceptors (Lipinski definition) is 5. The SMILES string of the molecule is O=C(NN=Cc1ccc(OCCO)cc1)c1ccncc1. The van der Waals surface area contributed by atoms with E-state index in [1.54, 1.807) is 48.8 Å². The molecule has 2 rings (SSSR count). The Morgan fingerprint density at radius 3 is 2.62 bits per heavy atom. The minimum atomic E-state index is -0.295. The van der Waals surface area contributed by atoms with Crippen LogP contribution in [0.1, 0.15) is 15.9 Å². The molecule has 6 heteroatoms. The summed E-state index contributed by atoms with van der Waals surface area (Å²) in [4.78, 5) is 15.6. The number of rotatable bonds is 6. The molecule has 0 aliphatic rings. The van der Waals surface area contributed by atoms with Crippen molar-refractivity contribution in [3.8, 4) is 5.75 Å². The van der Waals surface area contributed by atoms with Gasteiger partial charge in [-0.15, -0.1) is 0 Å². The Labute approximate surface area is 122 Å². The molecule has 0 atom stereocenters. The van der Waals surface area contributed by atoms with Crippen molar-refractivity contribution in [2.45, 2.75) is 0 Å². The van der Waals surface area contributed by atoms with Crippen LogP contribution in [0.4, 0.5) is 0 Å². The minimum absolute atomic E-state index is 0.0236. The third-order valence-electron chi connectivity index (χ3n) is 2.56. The van der Waals surface area contributed by atoms with Crippen molar-refractivity contribution < 1.29 is 14.6 Å². The van der Waals surface area contributed by atoms with Gasteiger partial charge in [0.1, 0.15) is 12.4 Å². The molecule has 1 heterocycles. The first kappa shape index (κ1) is 14.7. The number of ether oxygens (including phenoxy) is 1. The van der Waals surface area contributed by atoms with E-state index >= 15 is 0 Å². The van der Waals surface area contributed by atoms with Gasteiger partial charge in [0.05, 0.1) is 12.8 Å². The lowest BCUT2D eigenvalue weighted by atomic mass is 10.2. The van der Waals surface area contributed by atoms with E-state index in [-0.39, 0.29) is 19.1 Å². The molecule has 0 saturated heterocycles. The van der Waals surface area contributed by atoms with Crippen molar-refractivity contribution in [3.05, 3.63) is 59.9 Å². The number of pyridine rings is 1. The normalized spacial score (nSPS) is 10.5. The number of carbonyl (C=O) groups is 1. The summed E-state index contributed by atoms with van der Waals surface area (Å²) in [5.41, 5.74) is 3.75. The quantitative estimate of drug-likeness (QED) is 0.617. The highest BCUT2D eigenvalue weighted by atomic mass is 16.5. The summed E-state index contributed by atoms with van der Waals surface area (Å²) < 4.78 is 5.24. The van der Waals surface area contributed by atoms with Crippen LogP contribution in [-0.4, -0.2) is 35.4 Å². The Bertz CT molecular complexity index is 597. The fourth-order valence-electron chi connectivity index (χ4n) is 1.55. The first-order chi connectivity index (χ1) is 10.3. The van der Waals surface area contributed by atoms with E-state index in [0.29, 0.717) is 11.3 Å². The lowest BCUT2D eigenvalue weighted by Gasteiger charge is -2.03. The average molecular weight is 285 g/mol. The van der Waals surface area contributed by atoms with Gasteiger partial charge >= 0.3 is 0 Å². The molecule has 0 bridgehead atoms. The summed E-state index contributed by atoms with van der Waals surface area (Å²) in [5, 5.41) is 12.5. The largest absolute Gasteiger partial charge is 0.491 e. The topological polar surface area (TPSA) is 83.8 Å². The zero-order valence-corrected chi connectivity index (χ0v) is 11.3. The number of hydrogen-bond donors (Lipinski definition) is 2. The van der Waals surface area contributed by atoms with Gasteiger partial charge in [-0.25, -0.2) is 5.43 Å². The molecule has 1 amide bonds. The zero-order chi connectivity index (χ0) is 14.9. The molecule has 0 spiro atoms. The van der Waals surface area contributed by atoms with Crippen molar-refractivity contribution >= 4 is 12.1 Å². The molecule has 0 aliphatic heterocycles. The van der Waals surface area contributed by atoms with E-state index in [0.717, 1.165) is 5.56 Å². The number of aliphatic hydroxyl groups is 1. The summed E-state index contributed by atoms with van der Waals surface area (Å²) in [6.07, 6.45) is 4.63. The molecule has 0 saturated carbocycles. The number of nitrogens with one attached hydrogen (secondary N) is 1. The highest BCUT2D eigenvalue weighted by Gasteiger charge is 2.01. The molecular weight excluding hydrogens is 270 g/mol. The Morgan fingerprint density at radius 1 is 1.24 bits per heavy atom. The van der Waals surface area contributed by atoms with Crippen molar-refractivity contribution in [3.63, 3.8) is 0 Å². The Morgan fingerprint density at radius 2 is 1.95 bits per heavy atom. The van der Waals surface area contributed by atoms with Gasteiger partial charge < -0.3 is 9.84 Å². The number of hydrazone groups is 1. The van der Waals surface area contributed by atoms with Crippen LogP contribution in [0.25, 0.3) is 0 Å². The highest BCUT2D eigenvalue weighted by Crippen LogP contribution is 2.10. The molecule has 0 aliphatic carbocycles. The highest BCUT2D eigenvalue weighted by molar-refractivity contribution is 5.94. The van der Waals surface area contributed by atoms with Crippen LogP contribution >= 0.6 is 0 Å². The summed E-state index contributed by atoms with van der Waals surface area (Å²) >= 11 is 0. The second-order valence-corrected chi connectivity index (χ2v) is 4.08. The van der Waals surface area contributed by atoms with Gasteiger partial charge in [0.25, 0.3) is 5.91 Å². The fraction of sp³-hybridized carbons (Fsp3) is 0.133. The van der Waals surface area contributed by atoms with Crippen molar-refractivity contribution in [1.82, 2.24) is 10.4 Å². The van der Waals surface area contributed by atoms with Crippen LogP contribution < -0.4 is 10.2 Å². The summed E-state index contributed by atoms with van der Waals surface area (Å²) in [6.45, 7) is 0.236. The molecule has 1 aromatic heterocycles. The van der Waals surface area contributed by atoms with Crippen molar-refractivity contribution in [2.75, 3.05) is 13.2 Å². The van der Waals surface area contributed by atoms with Crippen LogP contribution in [0.5, 0.6) is 5.75 Å². The summed E-state index contributed by atoms with van der Waals surface area (Å²) in [5.74, 6) is 0.374. The van der Waals surface area contributed by atoms with Gasteiger partial charge in [0.15, 0.2) is 0 Å². The third kappa shape index (κ3) is 4.70. The molecule has 2 N–H and O–H groups in total. The molecule has 6 nitrogen and oxygen atoms in total. The maximum absolute atomic E-state index is 11.7. The number of nitrogens with zero attached hydrogens (tertiary/aromatic N) is 2. The van der Waals surface area contributed by atoms with Crippen molar-refractivity contribution in [2.24, 2.45) is 5.10 Å². The second-order valence-electron chi connectivity index (χ2n) is 4.08. The number of aromatic nitrogens is 1. The van der Waals surface area contributed by atoms with Gasteiger partial charge in [-0.05, 0) is 42.0 Å². The molecule has 2 aromatic rings. The first-order valence-electron chi connectivity index (χ1n) is 6.37. The maximum Gasteiger partial charge on any atom is 0.271 e. The second kappa shape index (κ2) is 7.76. The standard InChI is InChI=1S/C15H15N3O3/c19-9-10-21-14-3-1-12(2-4-14)11-17-18-15(20)13-5-7-16-8-6-13/h1-8,11,19H,9-10H2,(H,18,20). The van der Waals surface area contributed by atoms with Crippen molar-refractivity contribution in [1.29, 1.82) is 0 Å². The van der Waals surface area contributed by atoms with E-state index in [2.05, 4.69) is 15.5 Å². The van der Waals surface area contributed by atoms with E-state index < -0.39 is 0 Å². The van der Waals surface area contributed by atoms with Crippen LogP contribution in [0.3, 0.4) is 0 Å². The molecule has 0 unspecified atom stereocenters. The van der Waals surface area contributed by atoms with Gasteiger partial charge in [-0.2, -0.15) is 5.10 Å². The Hall–Kier alpha value is -2.73. The first-order valence-corrected chi connectivity index (χ1v) is 6.37. The summed E-state index contributed by atoms with van der Waals surface area (Å²) in [7, 11) is 0. The van der Waals surface area contributed by atoms with E-state index in [4.69, 9.17) is 9.84 Å².